The molecule has 0 spiro atoms. The van der Waals surface area contributed by atoms with Crippen molar-refractivity contribution in [2.24, 2.45) is 0 Å². The van der Waals surface area contributed by atoms with Gasteiger partial charge >= 0.3 is 0 Å². The molecule has 0 aliphatic carbocycles. The standard InChI is InChI=1S/C16H26N2S/c1-15-6-8-16(9-7-15)5-3-4-14-19-18-12-10-17(2)11-13-18/h6-9H,3-5,10-14H2,1-2H3. The van der Waals surface area contributed by atoms with E-state index in [1.807, 2.05) is 11.9 Å². The number of aryl methyl sites for hydroxylation is 2. The molecule has 0 saturated carbocycles. The maximum absolute atomic E-state index is 2.53. The van der Waals surface area contributed by atoms with E-state index in [1.54, 1.807) is 0 Å². The fourth-order valence-corrected chi connectivity index (χ4v) is 3.31. The van der Waals surface area contributed by atoms with E-state index >= 15 is 0 Å². The van der Waals surface area contributed by atoms with Gasteiger partial charge in [0.15, 0.2) is 0 Å². The Labute approximate surface area is 122 Å². The van der Waals surface area contributed by atoms with Gasteiger partial charge in [-0.25, -0.2) is 4.31 Å². The predicted molar refractivity (Wildman–Crippen MR) is 85.6 cm³/mol. The Kier molecular flexibility index (Phi) is 6.21. The molecular formula is C16H26N2S. The lowest BCUT2D eigenvalue weighted by Crippen LogP contribution is -2.41. The Morgan fingerprint density at radius 1 is 1.00 bits per heavy atom. The first-order valence-electron chi connectivity index (χ1n) is 7.36. The molecule has 1 aliphatic heterocycles. The summed E-state index contributed by atoms with van der Waals surface area (Å²) >= 11 is 2.04. The van der Waals surface area contributed by atoms with E-state index in [1.165, 1.54) is 62.3 Å². The molecule has 1 heterocycles. The number of benzene rings is 1. The molecule has 2 nitrogen and oxygen atoms in total. The minimum atomic E-state index is 1.22. The highest BCUT2D eigenvalue weighted by atomic mass is 32.2. The van der Waals surface area contributed by atoms with Crippen molar-refractivity contribution >= 4 is 11.9 Å². The number of hydrogen-bond donors (Lipinski definition) is 0. The van der Waals surface area contributed by atoms with Crippen LogP contribution in [0.5, 0.6) is 0 Å². The van der Waals surface area contributed by atoms with Crippen LogP contribution in [0.2, 0.25) is 0 Å². The van der Waals surface area contributed by atoms with Crippen LogP contribution in [0, 0.1) is 6.92 Å². The molecule has 19 heavy (non-hydrogen) atoms. The average Bonchev–Trinajstić information content (AvgIpc) is 2.43. The summed E-state index contributed by atoms with van der Waals surface area (Å²) in [5, 5.41) is 0. The second kappa shape index (κ2) is 7.93. The topological polar surface area (TPSA) is 6.48 Å². The summed E-state index contributed by atoms with van der Waals surface area (Å²) < 4.78 is 2.53. The SMILES string of the molecule is Cc1ccc(CCCCSN2CCN(C)CC2)cc1. The first-order chi connectivity index (χ1) is 9.24. The van der Waals surface area contributed by atoms with E-state index in [9.17, 15) is 0 Å². The van der Waals surface area contributed by atoms with Gasteiger partial charge in [0.05, 0.1) is 0 Å². The summed E-state index contributed by atoms with van der Waals surface area (Å²) in [7, 11) is 2.21. The molecule has 1 saturated heterocycles. The van der Waals surface area contributed by atoms with Crippen molar-refractivity contribution in [1.29, 1.82) is 0 Å². The smallest absolute Gasteiger partial charge is 0.0218 e. The number of unbranched alkanes of at least 4 members (excludes halogenated alkanes) is 1. The van der Waals surface area contributed by atoms with Crippen LogP contribution in [0.3, 0.4) is 0 Å². The van der Waals surface area contributed by atoms with Crippen molar-refractivity contribution < 1.29 is 0 Å². The van der Waals surface area contributed by atoms with Crippen LogP contribution < -0.4 is 0 Å². The second-order valence-electron chi connectivity index (χ2n) is 5.51. The first-order valence-corrected chi connectivity index (χ1v) is 8.30. The van der Waals surface area contributed by atoms with Gasteiger partial charge in [-0.3, -0.25) is 0 Å². The van der Waals surface area contributed by atoms with Gasteiger partial charge in [0.1, 0.15) is 0 Å². The third-order valence-electron chi connectivity index (χ3n) is 3.72. The highest BCUT2D eigenvalue weighted by Gasteiger charge is 2.13. The van der Waals surface area contributed by atoms with E-state index in [0.29, 0.717) is 0 Å². The highest BCUT2D eigenvalue weighted by molar-refractivity contribution is 7.97. The van der Waals surface area contributed by atoms with E-state index < -0.39 is 0 Å². The lowest BCUT2D eigenvalue weighted by molar-refractivity contribution is 0.233. The van der Waals surface area contributed by atoms with Gasteiger partial charge in [0, 0.05) is 31.9 Å². The molecule has 1 fully saturated rings. The van der Waals surface area contributed by atoms with Gasteiger partial charge in [-0.2, -0.15) is 0 Å². The second-order valence-corrected chi connectivity index (χ2v) is 6.69. The normalized spacial score (nSPS) is 17.8. The third kappa shape index (κ3) is 5.55. The quantitative estimate of drug-likeness (QED) is 0.583. The highest BCUT2D eigenvalue weighted by Crippen LogP contribution is 2.15. The molecule has 2 rings (SSSR count). The van der Waals surface area contributed by atoms with Crippen molar-refractivity contribution in [2.75, 3.05) is 39.0 Å². The number of rotatable bonds is 6. The maximum atomic E-state index is 2.53. The molecule has 1 aromatic rings. The van der Waals surface area contributed by atoms with Crippen LogP contribution in [0.15, 0.2) is 24.3 Å². The summed E-state index contributed by atoms with van der Waals surface area (Å²) in [6.07, 6.45) is 3.86. The van der Waals surface area contributed by atoms with Gasteiger partial charge in [-0.1, -0.05) is 41.8 Å². The number of likely N-dealkylation sites (N-methyl/N-ethyl adjacent to an activating group) is 1. The Bertz CT molecular complexity index is 356. The number of piperazine rings is 1. The Morgan fingerprint density at radius 3 is 2.37 bits per heavy atom. The third-order valence-corrected chi connectivity index (χ3v) is 4.92. The fourth-order valence-electron chi connectivity index (χ4n) is 2.30. The van der Waals surface area contributed by atoms with Crippen LogP contribution in [0.1, 0.15) is 24.0 Å². The Balaban J connectivity index is 1.53. The number of nitrogens with zero attached hydrogens (tertiary/aromatic N) is 2. The lowest BCUT2D eigenvalue weighted by Gasteiger charge is -2.31. The molecule has 0 atom stereocenters. The van der Waals surface area contributed by atoms with Crippen LogP contribution in [0.25, 0.3) is 0 Å². The molecular weight excluding hydrogens is 252 g/mol. The Morgan fingerprint density at radius 2 is 1.68 bits per heavy atom. The zero-order valence-corrected chi connectivity index (χ0v) is 13.1. The minimum absolute atomic E-state index is 1.22. The molecule has 0 radical (unpaired) electrons. The summed E-state index contributed by atoms with van der Waals surface area (Å²) in [6.45, 7) is 7.03. The molecule has 1 aromatic carbocycles. The molecule has 0 aromatic heterocycles. The summed E-state index contributed by atoms with van der Waals surface area (Å²) in [5.74, 6) is 1.27. The lowest BCUT2D eigenvalue weighted by atomic mass is 10.1. The zero-order chi connectivity index (χ0) is 13.5. The monoisotopic (exact) mass is 278 g/mol. The van der Waals surface area contributed by atoms with E-state index in [0.717, 1.165) is 0 Å². The molecule has 0 amide bonds. The molecule has 0 bridgehead atoms. The van der Waals surface area contributed by atoms with Gasteiger partial charge < -0.3 is 4.90 Å². The van der Waals surface area contributed by atoms with Crippen LogP contribution in [-0.4, -0.2) is 48.2 Å². The van der Waals surface area contributed by atoms with Crippen molar-refractivity contribution in [1.82, 2.24) is 9.21 Å². The molecule has 0 unspecified atom stereocenters. The van der Waals surface area contributed by atoms with E-state index in [2.05, 4.69) is 47.4 Å². The van der Waals surface area contributed by atoms with Crippen molar-refractivity contribution in [3.05, 3.63) is 35.4 Å². The summed E-state index contributed by atoms with van der Waals surface area (Å²) in [4.78, 5) is 2.41. The Hall–Kier alpha value is -0.510. The van der Waals surface area contributed by atoms with Crippen LogP contribution >= 0.6 is 11.9 Å². The van der Waals surface area contributed by atoms with Gasteiger partial charge in [0.25, 0.3) is 0 Å². The maximum Gasteiger partial charge on any atom is 0.0218 e. The largest absolute Gasteiger partial charge is 0.304 e. The zero-order valence-electron chi connectivity index (χ0n) is 12.3. The molecule has 106 valence electrons. The minimum Gasteiger partial charge on any atom is -0.304 e. The van der Waals surface area contributed by atoms with Crippen molar-refractivity contribution in [3.8, 4) is 0 Å². The van der Waals surface area contributed by atoms with Crippen LogP contribution in [0.4, 0.5) is 0 Å². The van der Waals surface area contributed by atoms with Crippen molar-refractivity contribution in [3.63, 3.8) is 0 Å². The van der Waals surface area contributed by atoms with Gasteiger partial charge in [-0.15, -0.1) is 0 Å². The van der Waals surface area contributed by atoms with E-state index in [4.69, 9.17) is 0 Å². The predicted octanol–water partition coefficient (Wildman–Crippen LogP) is 3.21. The van der Waals surface area contributed by atoms with Crippen molar-refractivity contribution in [2.45, 2.75) is 26.2 Å². The molecule has 1 aliphatic rings. The van der Waals surface area contributed by atoms with Crippen LogP contribution in [-0.2, 0) is 6.42 Å². The summed E-state index contributed by atoms with van der Waals surface area (Å²) in [6, 6.07) is 8.97. The van der Waals surface area contributed by atoms with Gasteiger partial charge in [-0.05, 0) is 38.8 Å². The molecule has 0 N–H and O–H groups in total. The summed E-state index contributed by atoms with van der Waals surface area (Å²) in [5.41, 5.74) is 2.84. The fraction of sp³-hybridized carbons (Fsp3) is 0.625. The number of hydrogen-bond acceptors (Lipinski definition) is 3. The van der Waals surface area contributed by atoms with Gasteiger partial charge in [0.2, 0.25) is 0 Å². The first kappa shape index (κ1) is 14.9. The average molecular weight is 278 g/mol. The van der Waals surface area contributed by atoms with E-state index in [-0.39, 0.29) is 0 Å². The molecule has 3 heteroatoms.